The molecule has 0 spiro atoms. The second kappa shape index (κ2) is 13.7. The SMILES string of the molecule is CC(O)C(NC(=O)CNC(=O)C(N)CCCN=C(N)N)C(=O)NC(CC(N)=O)C(=O)O. The Morgan fingerprint density at radius 3 is 2.13 bits per heavy atom. The summed E-state index contributed by atoms with van der Waals surface area (Å²) in [5.41, 5.74) is 21.0. The van der Waals surface area contributed by atoms with Crippen LogP contribution in [-0.4, -0.2) is 83.1 Å². The molecule has 176 valence electrons. The summed E-state index contributed by atoms with van der Waals surface area (Å²) >= 11 is 0. The molecule has 15 heteroatoms. The molecule has 4 atom stereocenters. The predicted molar refractivity (Wildman–Crippen MR) is 108 cm³/mol. The minimum Gasteiger partial charge on any atom is -0.480 e. The van der Waals surface area contributed by atoms with E-state index in [4.69, 9.17) is 28.0 Å². The van der Waals surface area contributed by atoms with Gasteiger partial charge in [-0.05, 0) is 19.8 Å². The average molecular weight is 446 g/mol. The van der Waals surface area contributed by atoms with E-state index in [1.54, 1.807) is 0 Å². The van der Waals surface area contributed by atoms with Crippen molar-refractivity contribution in [1.29, 1.82) is 0 Å². The van der Waals surface area contributed by atoms with Gasteiger partial charge in [0.2, 0.25) is 23.6 Å². The molecule has 0 rings (SSSR count). The molecule has 0 saturated carbocycles. The highest BCUT2D eigenvalue weighted by atomic mass is 16.4. The van der Waals surface area contributed by atoms with E-state index in [0.29, 0.717) is 6.42 Å². The molecular weight excluding hydrogens is 416 g/mol. The average Bonchev–Trinajstić information content (AvgIpc) is 2.65. The number of carboxylic acids is 1. The highest BCUT2D eigenvalue weighted by Gasteiger charge is 2.30. The number of nitrogens with zero attached hydrogens (tertiary/aromatic N) is 1. The number of carbonyl (C=O) groups is 5. The summed E-state index contributed by atoms with van der Waals surface area (Å²) in [4.78, 5) is 61.9. The van der Waals surface area contributed by atoms with Crippen LogP contribution >= 0.6 is 0 Å². The fourth-order valence-electron chi connectivity index (χ4n) is 2.24. The van der Waals surface area contributed by atoms with Crippen LogP contribution in [0.2, 0.25) is 0 Å². The topological polar surface area (TPSA) is 278 Å². The zero-order chi connectivity index (χ0) is 24.1. The van der Waals surface area contributed by atoms with Crippen molar-refractivity contribution in [3.05, 3.63) is 0 Å². The molecule has 0 aliphatic heterocycles. The van der Waals surface area contributed by atoms with Gasteiger partial charge in [0, 0.05) is 6.54 Å². The molecule has 0 aliphatic rings. The van der Waals surface area contributed by atoms with E-state index in [-0.39, 0.29) is 18.9 Å². The maximum Gasteiger partial charge on any atom is 0.326 e. The number of aliphatic carboxylic acids is 1. The monoisotopic (exact) mass is 446 g/mol. The van der Waals surface area contributed by atoms with Gasteiger partial charge in [-0.2, -0.15) is 0 Å². The minimum absolute atomic E-state index is 0.0873. The van der Waals surface area contributed by atoms with E-state index in [0.717, 1.165) is 0 Å². The molecule has 0 heterocycles. The molecule has 4 unspecified atom stereocenters. The first-order valence-corrected chi connectivity index (χ1v) is 9.22. The molecule has 0 aromatic rings. The van der Waals surface area contributed by atoms with Gasteiger partial charge < -0.3 is 49.1 Å². The lowest BCUT2D eigenvalue weighted by molar-refractivity contribution is -0.144. The standard InChI is InChI=1S/C16H30N8O7/c1-7(25)12(14(29)23-9(15(30)31)5-10(18)26)24-11(27)6-22-13(28)8(17)3-2-4-21-16(19)20/h7-9,12,25H,2-6,17H2,1H3,(H2,18,26)(H,22,28)(H,23,29)(H,24,27)(H,30,31)(H4,19,20,21). The number of nitrogens with two attached hydrogens (primary N) is 4. The summed E-state index contributed by atoms with van der Waals surface area (Å²) in [6.07, 6.45) is -1.42. The van der Waals surface area contributed by atoms with Crippen LogP contribution in [0.3, 0.4) is 0 Å². The number of hydrogen-bond acceptors (Lipinski definition) is 8. The number of carboxylic acid groups (broad SMARTS) is 1. The third kappa shape index (κ3) is 12.0. The smallest absolute Gasteiger partial charge is 0.326 e. The van der Waals surface area contributed by atoms with Crippen molar-refractivity contribution < 1.29 is 34.2 Å². The Balaban J connectivity index is 4.69. The van der Waals surface area contributed by atoms with Crippen LogP contribution in [0, 0.1) is 0 Å². The molecule has 0 aromatic heterocycles. The van der Waals surface area contributed by atoms with Crippen LogP contribution in [0.15, 0.2) is 4.99 Å². The van der Waals surface area contributed by atoms with Gasteiger partial charge in [-0.25, -0.2) is 4.79 Å². The number of primary amides is 1. The van der Waals surface area contributed by atoms with Gasteiger partial charge in [0.1, 0.15) is 12.1 Å². The van der Waals surface area contributed by atoms with Gasteiger partial charge in [0.25, 0.3) is 0 Å². The zero-order valence-electron chi connectivity index (χ0n) is 17.0. The molecule has 15 nitrogen and oxygen atoms in total. The lowest BCUT2D eigenvalue weighted by Gasteiger charge is -2.23. The van der Waals surface area contributed by atoms with E-state index in [2.05, 4.69) is 15.6 Å². The molecule has 0 saturated heterocycles. The number of amides is 4. The third-order valence-electron chi connectivity index (χ3n) is 3.83. The van der Waals surface area contributed by atoms with Crippen molar-refractivity contribution in [2.45, 2.75) is 50.4 Å². The van der Waals surface area contributed by atoms with Gasteiger partial charge in [0.15, 0.2) is 5.96 Å². The number of aliphatic hydroxyl groups excluding tert-OH is 1. The van der Waals surface area contributed by atoms with Crippen LogP contribution in [0.1, 0.15) is 26.2 Å². The molecule has 0 radical (unpaired) electrons. The minimum atomic E-state index is -1.64. The zero-order valence-corrected chi connectivity index (χ0v) is 17.0. The summed E-state index contributed by atoms with van der Waals surface area (Å²) in [5, 5.41) is 25.2. The van der Waals surface area contributed by atoms with Crippen LogP contribution < -0.4 is 38.9 Å². The maximum absolute atomic E-state index is 12.2. The van der Waals surface area contributed by atoms with Crippen molar-refractivity contribution in [3.8, 4) is 0 Å². The van der Waals surface area contributed by atoms with Crippen molar-refractivity contribution in [1.82, 2.24) is 16.0 Å². The Morgan fingerprint density at radius 2 is 1.65 bits per heavy atom. The van der Waals surface area contributed by atoms with Gasteiger partial charge in [-0.1, -0.05) is 0 Å². The number of aliphatic imine (C=N–C) groups is 1. The van der Waals surface area contributed by atoms with Gasteiger partial charge in [0.05, 0.1) is 25.1 Å². The van der Waals surface area contributed by atoms with Crippen LogP contribution in [-0.2, 0) is 24.0 Å². The highest BCUT2D eigenvalue weighted by Crippen LogP contribution is 1.99. The molecule has 0 fully saturated rings. The molecule has 0 bridgehead atoms. The van der Waals surface area contributed by atoms with Gasteiger partial charge >= 0.3 is 5.97 Å². The fraction of sp³-hybridized carbons (Fsp3) is 0.625. The van der Waals surface area contributed by atoms with E-state index in [1.165, 1.54) is 6.92 Å². The molecule has 4 amide bonds. The molecule has 0 aromatic carbocycles. The number of guanidine groups is 1. The lowest BCUT2D eigenvalue weighted by atomic mass is 10.1. The van der Waals surface area contributed by atoms with Crippen LogP contribution in [0.5, 0.6) is 0 Å². The third-order valence-corrected chi connectivity index (χ3v) is 3.83. The molecule has 13 N–H and O–H groups in total. The summed E-state index contributed by atoms with van der Waals surface area (Å²) in [6, 6.07) is -4.12. The number of hydrogen-bond donors (Lipinski definition) is 9. The normalized spacial score (nSPS) is 14.3. The van der Waals surface area contributed by atoms with Crippen LogP contribution in [0.4, 0.5) is 0 Å². The van der Waals surface area contributed by atoms with Gasteiger partial charge in [-0.3, -0.25) is 24.2 Å². The predicted octanol–water partition coefficient (Wildman–Crippen LogP) is -5.21. The first kappa shape index (κ1) is 27.5. The first-order valence-electron chi connectivity index (χ1n) is 9.22. The Kier molecular flexibility index (Phi) is 12.2. The molecular formula is C16H30N8O7. The second-order valence-electron chi connectivity index (χ2n) is 6.63. The van der Waals surface area contributed by atoms with Crippen LogP contribution in [0.25, 0.3) is 0 Å². The summed E-state index contributed by atoms with van der Waals surface area (Å²) in [5.74, 6) is -5.11. The van der Waals surface area contributed by atoms with Gasteiger partial charge in [-0.15, -0.1) is 0 Å². The van der Waals surface area contributed by atoms with E-state index < -0.39 is 66.8 Å². The van der Waals surface area contributed by atoms with E-state index in [9.17, 15) is 29.1 Å². The van der Waals surface area contributed by atoms with E-state index in [1.807, 2.05) is 5.32 Å². The number of rotatable bonds is 14. The quantitative estimate of drug-likeness (QED) is 0.0694. The molecule has 31 heavy (non-hydrogen) atoms. The van der Waals surface area contributed by atoms with Crippen molar-refractivity contribution >= 4 is 35.6 Å². The number of nitrogens with one attached hydrogen (secondary N) is 3. The Labute approximate surface area is 178 Å². The highest BCUT2D eigenvalue weighted by molar-refractivity contribution is 5.93. The largest absolute Gasteiger partial charge is 0.480 e. The van der Waals surface area contributed by atoms with Crippen molar-refractivity contribution in [3.63, 3.8) is 0 Å². The fourth-order valence-corrected chi connectivity index (χ4v) is 2.24. The lowest BCUT2D eigenvalue weighted by Crippen LogP contribution is -2.57. The Hall–Kier alpha value is -3.46. The van der Waals surface area contributed by atoms with Crippen molar-refractivity contribution in [2.24, 2.45) is 27.9 Å². The Bertz CT molecular complexity index is 693. The van der Waals surface area contributed by atoms with Crippen molar-refractivity contribution in [2.75, 3.05) is 13.1 Å². The number of aliphatic hydroxyl groups is 1. The number of carbonyl (C=O) groups excluding carboxylic acids is 4. The summed E-state index contributed by atoms with van der Waals surface area (Å²) in [7, 11) is 0. The summed E-state index contributed by atoms with van der Waals surface area (Å²) in [6.45, 7) is 0.905. The second-order valence-corrected chi connectivity index (χ2v) is 6.63. The molecule has 0 aliphatic carbocycles. The Morgan fingerprint density at radius 1 is 1.03 bits per heavy atom. The van der Waals surface area contributed by atoms with E-state index >= 15 is 0 Å². The maximum atomic E-state index is 12.2. The first-order chi connectivity index (χ1) is 14.3. The summed E-state index contributed by atoms with van der Waals surface area (Å²) < 4.78 is 0.